The summed E-state index contributed by atoms with van der Waals surface area (Å²) >= 11 is 12.6. The van der Waals surface area contributed by atoms with Crippen LogP contribution in [-0.2, 0) is 0 Å². The highest BCUT2D eigenvalue weighted by Gasteiger charge is 2.25. The number of benzene rings is 2. The topological polar surface area (TPSA) is 94.5 Å². The number of pyridine rings is 1. The van der Waals surface area contributed by atoms with Gasteiger partial charge in [-0.2, -0.15) is 0 Å². The van der Waals surface area contributed by atoms with E-state index in [4.69, 9.17) is 39.4 Å². The van der Waals surface area contributed by atoms with E-state index in [1.165, 1.54) is 0 Å². The van der Waals surface area contributed by atoms with Crippen LogP contribution < -0.4 is 16.2 Å². The molecular formula is C24H24Cl2N4O2. The first kappa shape index (κ1) is 22.4. The van der Waals surface area contributed by atoms with Crippen molar-refractivity contribution in [2.75, 3.05) is 18.8 Å². The van der Waals surface area contributed by atoms with Crippen LogP contribution in [0, 0.1) is 0 Å². The van der Waals surface area contributed by atoms with Crippen LogP contribution in [0.1, 0.15) is 35.4 Å². The Hall–Kier alpha value is -2.80. The SMILES string of the molecule is CC(Oc1cc(-c2cccc(C(=O)N3CC[C@@H](N)C3)c2)cnc1N)c1c(Cl)cccc1Cl. The zero-order valence-corrected chi connectivity index (χ0v) is 19.1. The van der Waals surface area contributed by atoms with Crippen LogP contribution in [-0.4, -0.2) is 34.9 Å². The highest BCUT2D eigenvalue weighted by Crippen LogP contribution is 2.36. The van der Waals surface area contributed by atoms with E-state index in [0.717, 1.165) is 17.5 Å². The fraction of sp³-hybridized carbons (Fsp3) is 0.250. The molecule has 2 heterocycles. The van der Waals surface area contributed by atoms with Gasteiger partial charge in [0.2, 0.25) is 0 Å². The van der Waals surface area contributed by atoms with Crippen molar-refractivity contribution < 1.29 is 9.53 Å². The molecule has 1 aromatic heterocycles. The second kappa shape index (κ2) is 9.36. The van der Waals surface area contributed by atoms with Gasteiger partial charge < -0.3 is 21.1 Å². The van der Waals surface area contributed by atoms with Crippen LogP contribution in [0.3, 0.4) is 0 Å². The third kappa shape index (κ3) is 4.67. The van der Waals surface area contributed by atoms with E-state index in [1.54, 1.807) is 41.4 Å². The first-order valence-corrected chi connectivity index (χ1v) is 11.1. The van der Waals surface area contributed by atoms with Crippen LogP contribution in [0.5, 0.6) is 5.75 Å². The summed E-state index contributed by atoms with van der Waals surface area (Å²) in [6, 6.07) is 14.6. The van der Waals surface area contributed by atoms with E-state index in [2.05, 4.69) is 4.98 Å². The van der Waals surface area contributed by atoms with Crippen LogP contribution in [0.25, 0.3) is 11.1 Å². The lowest BCUT2D eigenvalue weighted by molar-refractivity contribution is 0.0791. The molecule has 4 rings (SSSR count). The zero-order valence-electron chi connectivity index (χ0n) is 17.6. The molecule has 0 radical (unpaired) electrons. The smallest absolute Gasteiger partial charge is 0.253 e. The molecule has 2 aromatic carbocycles. The number of nitrogens with zero attached hydrogens (tertiary/aromatic N) is 2. The lowest BCUT2D eigenvalue weighted by Gasteiger charge is -2.19. The Bertz CT molecular complexity index is 1130. The van der Waals surface area contributed by atoms with E-state index >= 15 is 0 Å². The van der Waals surface area contributed by atoms with Crippen molar-refractivity contribution >= 4 is 34.9 Å². The van der Waals surface area contributed by atoms with Gasteiger partial charge in [0, 0.05) is 52.1 Å². The van der Waals surface area contributed by atoms with Gasteiger partial charge in [-0.1, -0.05) is 41.4 Å². The molecule has 0 spiro atoms. The van der Waals surface area contributed by atoms with E-state index in [0.29, 0.717) is 40.0 Å². The van der Waals surface area contributed by atoms with Crippen LogP contribution in [0.4, 0.5) is 5.82 Å². The van der Waals surface area contributed by atoms with Gasteiger partial charge in [-0.05, 0) is 49.2 Å². The molecule has 0 aliphatic carbocycles. The molecule has 4 N–H and O–H groups in total. The predicted octanol–water partition coefficient (Wildman–Crippen LogP) is 4.95. The van der Waals surface area contributed by atoms with Crippen molar-refractivity contribution in [1.82, 2.24) is 9.88 Å². The zero-order chi connectivity index (χ0) is 22.8. The third-order valence-corrected chi connectivity index (χ3v) is 6.21. The maximum Gasteiger partial charge on any atom is 0.253 e. The molecule has 0 saturated carbocycles. The van der Waals surface area contributed by atoms with E-state index in [9.17, 15) is 4.79 Å². The minimum atomic E-state index is -0.442. The normalized spacial score (nSPS) is 16.8. The number of nitrogen functional groups attached to an aromatic ring is 1. The number of hydrogen-bond donors (Lipinski definition) is 2. The monoisotopic (exact) mass is 470 g/mol. The number of carbonyl (C=O) groups is 1. The van der Waals surface area contributed by atoms with Crippen LogP contribution in [0.15, 0.2) is 54.7 Å². The van der Waals surface area contributed by atoms with Gasteiger partial charge in [-0.3, -0.25) is 4.79 Å². The quantitative estimate of drug-likeness (QED) is 0.549. The molecule has 3 aromatic rings. The molecule has 32 heavy (non-hydrogen) atoms. The number of nitrogens with two attached hydrogens (primary N) is 2. The summed E-state index contributed by atoms with van der Waals surface area (Å²) in [7, 11) is 0. The summed E-state index contributed by atoms with van der Waals surface area (Å²) in [6.45, 7) is 3.10. The maximum absolute atomic E-state index is 12.8. The van der Waals surface area contributed by atoms with Crippen LogP contribution >= 0.6 is 23.2 Å². The summed E-state index contributed by atoms with van der Waals surface area (Å²) in [4.78, 5) is 18.9. The van der Waals surface area contributed by atoms with E-state index in [1.807, 2.05) is 25.1 Å². The molecule has 166 valence electrons. The molecule has 1 amide bonds. The average molecular weight is 471 g/mol. The molecule has 0 bridgehead atoms. The molecular weight excluding hydrogens is 447 g/mol. The van der Waals surface area contributed by atoms with Crippen molar-refractivity contribution in [3.05, 3.63) is 75.9 Å². The molecule has 6 nitrogen and oxygen atoms in total. The Kier molecular flexibility index (Phi) is 6.55. The molecule has 1 aliphatic rings. The van der Waals surface area contributed by atoms with Crippen molar-refractivity contribution in [3.63, 3.8) is 0 Å². The number of aromatic nitrogens is 1. The second-order valence-electron chi connectivity index (χ2n) is 7.88. The fourth-order valence-electron chi connectivity index (χ4n) is 3.84. The summed E-state index contributed by atoms with van der Waals surface area (Å²) in [5, 5.41) is 1.03. The molecule has 1 unspecified atom stereocenters. The first-order valence-electron chi connectivity index (χ1n) is 10.3. The number of carbonyl (C=O) groups excluding carboxylic acids is 1. The van der Waals surface area contributed by atoms with Gasteiger partial charge in [0.25, 0.3) is 5.91 Å². The lowest BCUT2D eigenvalue weighted by atomic mass is 10.0. The molecule has 8 heteroatoms. The highest BCUT2D eigenvalue weighted by atomic mass is 35.5. The van der Waals surface area contributed by atoms with Crippen molar-refractivity contribution in [2.45, 2.75) is 25.5 Å². The number of hydrogen-bond acceptors (Lipinski definition) is 5. The Morgan fingerprint density at radius 2 is 1.88 bits per heavy atom. The van der Waals surface area contributed by atoms with Gasteiger partial charge in [-0.15, -0.1) is 0 Å². The number of likely N-dealkylation sites (tertiary alicyclic amines) is 1. The molecule has 1 saturated heterocycles. The Morgan fingerprint density at radius 3 is 2.56 bits per heavy atom. The minimum absolute atomic E-state index is 0.0262. The first-order chi connectivity index (χ1) is 15.3. The fourth-order valence-corrected chi connectivity index (χ4v) is 4.55. The number of anilines is 1. The van der Waals surface area contributed by atoms with Gasteiger partial charge in [0.05, 0.1) is 0 Å². The van der Waals surface area contributed by atoms with E-state index in [-0.39, 0.29) is 17.8 Å². The van der Waals surface area contributed by atoms with Gasteiger partial charge in [0.15, 0.2) is 11.6 Å². The minimum Gasteiger partial charge on any atom is -0.482 e. The van der Waals surface area contributed by atoms with Crippen molar-refractivity contribution in [2.24, 2.45) is 5.73 Å². The number of amides is 1. The van der Waals surface area contributed by atoms with Gasteiger partial charge in [0.1, 0.15) is 6.10 Å². The second-order valence-corrected chi connectivity index (χ2v) is 8.70. The van der Waals surface area contributed by atoms with Crippen LogP contribution in [0.2, 0.25) is 10.0 Å². The number of halogens is 2. The van der Waals surface area contributed by atoms with Gasteiger partial charge in [-0.25, -0.2) is 4.98 Å². The summed E-state index contributed by atoms with van der Waals surface area (Å²) in [5.41, 5.74) is 14.9. The number of rotatable bonds is 5. The van der Waals surface area contributed by atoms with Gasteiger partial charge >= 0.3 is 0 Å². The highest BCUT2D eigenvalue weighted by molar-refractivity contribution is 6.36. The predicted molar refractivity (Wildman–Crippen MR) is 128 cm³/mol. The third-order valence-electron chi connectivity index (χ3n) is 5.55. The average Bonchev–Trinajstić information content (AvgIpc) is 3.21. The molecule has 1 aliphatic heterocycles. The maximum atomic E-state index is 12.8. The lowest BCUT2D eigenvalue weighted by Crippen LogP contribution is -2.31. The largest absolute Gasteiger partial charge is 0.482 e. The Labute approximate surface area is 197 Å². The van der Waals surface area contributed by atoms with Crippen molar-refractivity contribution in [1.29, 1.82) is 0 Å². The summed E-state index contributed by atoms with van der Waals surface area (Å²) in [5.74, 6) is 0.636. The standard InChI is InChI=1S/C24H24Cl2N4O2/c1-14(22-19(25)6-3-7-20(22)26)32-21-11-17(12-29-23(21)28)15-4-2-5-16(10-15)24(31)30-9-8-18(27)13-30/h2-7,10-12,14,18H,8-9,13,27H2,1H3,(H2,28,29)/t14?,18-/m1/s1. The Morgan fingerprint density at radius 1 is 1.16 bits per heavy atom. The van der Waals surface area contributed by atoms with Crippen molar-refractivity contribution in [3.8, 4) is 16.9 Å². The molecule has 2 atom stereocenters. The molecule has 1 fully saturated rings. The summed E-state index contributed by atoms with van der Waals surface area (Å²) in [6.07, 6.45) is 2.04. The Balaban J connectivity index is 1.60. The number of ether oxygens (including phenoxy) is 1. The summed E-state index contributed by atoms with van der Waals surface area (Å²) < 4.78 is 6.08. The van der Waals surface area contributed by atoms with E-state index < -0.39 is 6.10 Å².